The fourth-order valence-electron chi connectivity index (χ4n) is 4.13. The average Bonchev–Trinajstić information content (AvgIpc) is 3.22. The van der Waals surface area contributed by atoms with Crippen molar-refractivity contribution in [1.29, 1.82) is 5.26 Å². The highest BCUT2D eigenvalue weighted by atomic mass is 19.4. The van der Waals surface area contributed by atoms with Crippen LogP contribution in [0.1, 0.15) is 17.5 Å². The van der Waals surface area contributed by atoms with E-state index in [4.69, 9.17) is 14.7 Å². The zero-order chi connectivity index (χ0) is 22.7. The van der Waals surface area contributed by atoms with Gasteiger partial charge in [0.1, 0.15) is 17.9 Å². The SMILES string of the molecule is N#Cc1ccc(N2C[C@@H](Oc3ccccc3)C[C@H]2C(=O)N2CCOCC2)cc1C(F)(F)F. The Labute approximate surface area is 183 Å². The lowest BCUT2D eigenvalue weighted by atomic mass is 10.1. The largest absolute Gasteiger partial charge is 0.488 e. The molecule has 0 aliphatic carbocycles. The van der Waals surface area contributed by atoms with Crippen LogP contribution >= 0.6 is 0 Å². The van der Waals surface area contributed by atoms with Gasteiger partial charge in [0, 0.05) is 25.2 Å². The third kappa shape index (κ3) is 4.65. The molecule has 2 saturated heterocycles. The summed E-state index contributed by atoms with van der Waals surface area (Å²) in [4.78, 5) is 16.6. The summed E-state index contributed by atoms with van der Waals surface area (Å²) >= 11 is 0. The molecule has 0 radical (unpaired) electrons. The van der Waals surface area contributed by atoms with Crippen LogP contribution in [-0.4, -0.2) is 55.8 Å². The van der Waals surface area contributed by atoms with E-state index in [2.05, 4.69) is 0 Å². The standard InChI is InChI=1S/C23H22F3N3O3/c24-23(25,26)20-12-17(7-6-16(20)14-27)29-15-19(32-18-4-2-1-3-5-18)13-21(29)22(30)28-8-10-31-11-9-28/h1-7,12,19,21H,8-11,13,15H2/t19-,21-/m0/s1. The van der Waals surface area contributed by atoms with Gasteiger partial charge in [0.25, 0.3) is 0 Å². The quantitative estimate of drug-likeness (QED) is 0.721. The highest BCUT2D eigenvalue weighted by molar-refractivity contribution is 5.86. The predicted octanol–water partition coefficient (Wildman–Crippen LogP) is 3.46. The minimum atomic E-state index is -4.68. The maximum Gasteiger partial charge on any atom is 0.417 e. The molecule has 2 aliphatic heterocycles. The van der Waals surface area contributed by atoms with Crippen LogP contribution in [0.15, 0.2) is 48.5 Å². The molecule has 9 heteroatoms. The summed E-state index contributed by atoms with van der Waals surface area (Å²) in [7, 11) is 0. The average molecular weight is 445 g/mol. The number of morpholine rings is 1. The van der Waals surface area contributed by atoms with E-state index in [1.165, 1.54) is 6.07 Å². The molecule has 0 aromatic heterocycles. The van der Waals surface area contributed by atoms with Gasteiger partial charge in [-0.25, -0.2) is 0 Å². The number of ether oxygens (including phenoxy) is 2. The van der Waals surface area contributed by atoms with Gasteiger partial charge >= 0.3 is 6.18 Å². The molecule has 2 aliphatic rings. The molecule has 0 bridgehead atoms. The van der Waals surface area contributed by atoms with Crippen LogP contribution in [0.5, 0.6) is 5.75 Å². The summed E-state index contributed by atoms with van der Waals surface area (Å²) in [6, 6.07) is 13.6. The van der Waals surface area contributed by atoms with Crippen molar-refractivity contribution in [1.82, 2.24) is 4.90 Å². The lowest BCUT2D eigenvalue weighted by molar-refractivity contribution is -0.137. The van der Waals surface area contributed by atoms with Crippen LogP contribution in [0.4, 0.5) is 18.9 Å². The summed E-state index contributed by atoms with van der Waals surface area (Å²) in [5, 5.41) is 9.10. The van der Waals surface area contributed by atoms with Gasteiger partial charge in [-0.05, 0) is 30.3 Å². The molecule has 2 heterocycles. The third-order valence-corrected chi connectivity index (χ3v) is 5.68. The van der Waals surface area contributed by atoms with Crippen LogP contribution in [0.2, 0.25) is 0 Å². The number of hydrogen-bond acceptors (Lipinski definition) is 5. The highest BCUT2D eigenvalue weighted by Crippen LogP contribution is 2.37. The highest BCUT2D eigenvalue weighted by Gasteiger charge is 2.42. The third-order valence-electron chi connectivity index (χ3n) is 5.68. The first kappa shape index (κ1) is 22.0. The molecule has 32 heavy (non-hydrogen) atoms. The Hall–Kier alpha value is -3.25. The Bertz CT molecular complexity index is 1000. The fraction of sp³-hybridized carbons (Fsp3) is 0.391. The second-order valence-electron chi connectivity index (χ2n) is 7.73. The summed E-state index contributed by atoms with van der Waals surface area (Å²) in [5.74, 6) is 0.470. The number of nitriles is 1. The first-order chi connectivity index (χ1) is 15.4. The van der Waals surface area contributed by atoms with E-state index in [0.29, 0.717) is 38.5 Å². The van der Waals surface area contributed by atoms with E-state index in [0.717, 1.165) is 12.1 Å². The molecule has 0 unspecified atom stereocenters. The molecule has 168 valence electrons. The second kappa shape index (κ2) is 9.09. The van der Waals surface area contributed by atoms with E-state index in [-0.39, 0.29) is 24.2 Å². The van der Waals surface area contributed by atoms with Crippen LogP contribution in [0.25, 0.3) is 0 Å². The first-order valence-electron chi connectivity index (χ1n) is 10.3. The molecule has 0 saturated carbocycles. The van der Waals surface area contributed by atoms with Gasteiger partial charge in [-0.2, -0.15) is 18.4 Å². The van der Waals surface area contributed by atoms with E-state index < -0.39 is 23.3 Å². The maximum absolute atomic E-state index is 13.5. The van der Waals surface area contributed by atoms with Gasteiger partial charge in [0.2, 0.25) is 5.91 Å². The smallest absolute Gasteiger partial charge is 0.417 e. The zero-order valence-corrected chi connectivity index (χ0v) is 17.2. The maximum atomic E-state index is 13.5. The lowest BCUT2D eigenvalue weighted by Gasteiger charge is -2.33. The molecular formula is C23H22F3N3O3. The normalized spacial score (nSPS) is 21.3. The number of alkyl halides is 3. The number of rotatable bonds is 4. The number of para-hydroxylation sites is 1. The molecule has 2 atom stereocenters. The Balaban J connectivity index is 1.65. The molecule has 2 aromatic carbocycles. The van der Waals surface area contributed by atoms with Gasteiger partial charge in [-0.3, -0.25) is 4.79 Å². The van der Waals surface area contributed by atoms with E-state index in [1.807, 2.05) is 18.2 Å². The van der Waals surface area contributed by atoms with Crippen molar-refractivity contribution in [3.8, 4) is 11.8 Å². The Kier molecular flexibility index (Phi) is 6.24. The minimum absolute atomic E-state index is 0.162. The topological polar surface area (TPSA) is 65.8 Å². The molecule has 2 fully saturated rings. The number of amides is 1. The van der Waals surface area contributed by atoms with Crippen molar-refractivity contribution in [3.63, 3.8) is 0 Å². The van der Waals surface area contributed by atoms with E-state index in [9.17, 15) is 18.0 Å². The van der Waals surface area contributed by atoms with Crippen molar-refractivity contribution in [2.24, 2.45) is 0 Å². The van der Waals surface area contributed by atoms with Crippen LogP contribution < -0.4 is 9.64 Å². The van der Waals surface area contributed by atoms with Crippen LogP contribution in [-0.2, 0) is 15.7 Å². The summed E-state index contributed by atoms with van der Waals surface area (Å²) in [5.41, 5.74) is -1.22. The molecule has 0 spiro atoms. The van der Waals surface area contributed by atoms with Gasteiger partial charge in [0.05, 0.1) is 37.0 Å². The van der Waals surface area contributed by atoms with Gasteiger partial charge in [0.15, 0.2) is 0 Å². The van der Waals surface area contributed by atoms with Crippen molar-refractivity contribution < 1.29 is 27.4 Å². The van der Waals surface area contributed by atoms with Crippen LogP contribution in [0.3, 0.4) is 0 Å². The Morgan fingerprint density at radius 1 is 1.12 bits per heavy atom. The summed E-state index contributed by atoms with van der Waals surface area (Å²) in [6.07, 6.45) is -4.71. The number of carbonyl (C=O) groups excluding carboxylic acids is 1. The molecule has 1 amide bonds. The Morgan fingerprint density at radius 2 is 1.84 bits per heavy atom. The number of nitrogens with zero attached hydrogens (tertiary/aromatic N) is 3. The van der Waals surface area contributed by atoms with E-state index in [1.54, 1.807) is 28.0 Å². The zero-order valence-electron chi connectivity index (χ0n) is 17.2. The van der Waals surface area contributed by atoms with Crippen LogP contribution in [0, 0.1) is 11.3 Å². The number of carbonyl (C=O) groups is 1. The predicted molar refractivity (Wildman–Crippen MR) is 110 cm³/mol. The van der Waals surface area contributed by atoms with Gasteiger partial charge in [-0.15, -0.1) is 0 Å². The summed E-state index contributed by atoms with van der Waals surface area (Å²) < 4.78 is 51.9. The molecule has 0 N–H and O–H groups in total. The molecule has 6 nitrogen and oxygen atoms in total. The molecule has 2 aromatic rings. The lowest BCUT2D eigenvalue weighted by Crippen LogP contribution is -2.49. The monoisotopic (exact) mass is 445 g/mol. The number of hydrogen-bond donors (Lipinski definition) is 0. The van der Waals surface area contributed by atoms with Gasteiger partial charge in [-0.1, -0.05) is 18.2 Å². The van der Waals surface area contributed by atoms with Crippen molar-refractivity contribution in [3.05, 3.63) is 59.7 Å². The number of halogens is 3. The first-order valence-corrected chi connectivity index (χ1v) is 10.3. The van der Waals surface area contributed by atoms with Crippen molar-refractivity contribution in [2.75, 3.05) is 37.7 Å². The number of benzene rings is 2. The molecule has 4 rings (SSSR count). The summed E-state index contributed by atoms with van der Waals surface area (Å²) in [6.45, 7) is 1.98. The van der Waals surface area contributed by atoms with Crippen molar-refractivity contribution in [2.45, 2.75) is 24.7 Å². The van der Waals surface area contributed by atoms with E-state index >= 15 is 0 Å². The minimum Gasteiger partial charge on any atom is -0.488 e. The molecular weight excluding hydrogens is 423 g/mol. The van der Waals surface area contributed by atoms with Crippen molar-refractivity contribution >= 4 is 11.6 Å². The fourth-order valence-corrected chi connectivity index (χ4v) is 4.13. The van der Waals surface area contributed by atoms with Gasteiger partial charge < -0.3 is 19.3 Å². The Morgan fingerprint density at radius 3 is 2.50 bits per heavy atom. The second-order valence-corrected chi connectivity index (χ2v) is 7.73. The number of anilines is 1.